The van der Waals surface area contributed by atoms with Gasteiger partial charge in [0.15, 0.2) is 0 Å². The van der Waals surface area contributed by atoms with Gasteiger partial charge >= 0.3 is 0 Å². The minimum Gasteiger partial charge on any atom is -0.507 e. The first-order valence-electron chi connectivity index (χ1n) is 8.78. The second-order valence-corrected chi connectivity index (χ2v) is 8.47. The SMILES string of the molecule is O=C1C(=O)N(Cc2cccs2)C(c2ccc(Cl)cc2)/C1=C(/O)c1ccc(Cl)cc1. The number of Topliss-reactive ketones (excluding diaryl/α,β-unsaturated/α-hetero) is 1. The Hall–Kier alpha value is -2.60. The van der Waals surface area contributed by atoms with Gasteiger partial charge in [-0.3, -0.25) is 9.59 Å². The second-order valence-electron chi connectivity index (χ2n) is 6.56. The van der Waals surface area contributed by atoms with Crippen LogP contribution in [0.1, 0.15) is 22.0 Å². The predicted molar refractivity (Wildman–Crippen MR) is 115 cm³/mol. The average molecular weight is 444 g/mol. The van der Waals surface area contributed by atoms with Gasteiger partial charge in [-0.05, 0) is 53.4 Å². The summed E-state index contributed by atoms with van der Waals surface area (Å²) in [5.74, 6) is -1.59. The van der Waals surface area contributed by atoms with Crippen LogP contribution < -0.4 is 0 Å². The molecule has 4 nitrogen and oxygen atoms in total. The van der Waals surface area contributed by atoms with Gasteiger partial charge in [0, 0.05) is 20.5 Å². The number of halogens is 2. The third-order valence-electron chi connectivity index (χ3n) is 4.75. The van der Waals surface area contributed by atoms with Crippen LogP contribution in [0.5, 0.6) is 0 Å². The van der Waals surface area contributed by atoms with Crippen molar-refractivity contribution in [1.82, 2.24) is 4.90 Å². The molecule has 29 heavy (non-hydrogen) atoms. The Morgan fingerprint density at radius 3 is 2.17 bits per heavy atom. The molecule has 0 saturated carbocycles. The van der Waals surface area contributed by atoms with Crippen molar-refractivity contribution in [2.75, 3.05) is 0 Å². The normalized spacial score (nSPS) is 18.4. The van der Waals surface area contributed by atoms with Gasteiger partial charge in [0.25, 0.3) is 11.7 Å². The van der Waals surface area contributed by atoms with E-state index in [-0.39, 0.29) is 17.9 Å². The average Bonchev–Trinajstić information content (AvgIpc) is 3.31. The topological polar surface area (TPSA) is 57.6 Å². The molecule has 1 aromatic heterocycles. The number of ketones is 1. The van der Waals surface area contributed by atoms with Crippen LogP contribution in [-0.2, 0) is 16.1 Å². The monoisotopic (exact) mass is 443 g/mol. The molecule has 1 atom stereocenters. The molecule has 1 amide bonds. The van der Waals surface area contributed by atoms with Gasteiger partial charge < -0.3 is 10.0 Å². The summed E-state index contributed by atoms with van der Waals surface area (Å²) in [6, 6.07) is 16.5. The lowest BCUT2D eigenvalue weighted by Crippen LogP contribution is -2.28. The predicted octanol–water partition coefficient (Wildman–Crippen LogP) is 5.68. The molecule has 0 spiro atoms. The molecule has 146 valence electrons. The molecular formula is C22H15Cl2NO3S. The number of hydrogen-bond donors (Lipinski definition) is 1. The summed E-state index contributed by atoms with van der Waals surface area (Å²) < 4.78 is 0. The molecule has 3 aromatic rings. The van der Waals surface area contributed by atoms with Crippen molar-refractivity contribution in [3.05, 3.63) is 97.7 Å². The zero-order chi connectivity index (χ0) is 20.5. The molecule has 1 unspecified atom stereocenters. The summed E-state index contributed by atoms with van der Waals surface area (Å²) in [5, 5.41) is 13.9. The third-order valence-corrected chi connectivity index (χ3v) is 6.11. The number of carbonyl (C=O) groups excluding carboxylic acids is 2. The van der Waals surface area contributed by atoms with Gasteiger partial charge in [-0.15, -0.1) is 11.3 Å². The summed E-state index contributed by atoms with van der Waals surface area (Å²) in [5.41, 5.74) is 1.17. The van der Waals surface area contributed by atoms with Crippen molar-refractivity contribution in [3.63, 3.8) is 0 Å². The van der Waals surface area contributed by atoms with Crippen molar-refractivity contribution in [3.8, 4) is 0 Å². The van der Waals surface area contributed by atoms with E-state index in [0.717, 1.165) is 4.88 Å². The number of rotatable bonds is 4. The fraction of sp³-hybridized carbons (Fsp3) is 0.0909. The molecule has 0 bridgehead atoms. The lowest BCUT2D eigenvalue weighted by molar-refractivity contribution is -0.140. The molecular weight excluding hydrogens is 429 g/mol. The highest BCUT2D eigenvalue weighted by Gasteiger charge is 2.46. The number of hydrogen-bond acceptors (Lipinski definition) is 4. The van der Waals surface area contributed by atoms with E-state index < -0.39 is 17.7 Å². The quantitative estimate of drug-likeness (QED) is 0.320. The van der Waals surface area contributed by atoms with E-state index in [9.17, 15) is 14.7 Å². The molecule has 1 aliphatic rings. The zero-order valence-electron chi connectivity index (χ0n) is 15.0. The van der Waals surface area contributed by atoms with Crippen molar-refractivity contribution in [1.29, 1.82) is 0 Å². The number of likely N-dealkylation sites (tertiary alicyclic amines) is 1. The van der Waals surface area contributed by atoms with Gasteiger partial charge in [0.2, 0.25) is 0 Å². The summed E-state index contributed by atoms with van der Waals surface area (Å²) in [4.78, 5) is 28.2. The Bertz CT molecular complexity index is 1090. The van der Waals surface area contributed by atoms with Gasteiger partial charge in [-0.25, -0.2) is 0 Å². The number of amides is 1. The first-order chi connectivity index (χ1) is 14.0. The summed E-state index contributed by atoms with van der Waals surface area (Å²) in [7, 11) is 0. The third kappa shape index (κ3) is 3.81. The van der Waals surface area contributed by atoms with Crippen LogP contribution in [0.15, 0.2) is 71.6 Å². The molecule has 1 saturated heterocycles. The van der Waals surface area contributed by atoms with Crippen LogP contribution in [-0.4, -0.2) is 21.7 Å². The van der Waals surface area contributed by atoms with E-state index in [0.29, 0.717) is 21.2 Å². The van der Waals surface area contributed by atoms with E-state index in [1.54, 1.807) is 48.5 Å². The fourth-order valence-corrected chi connectivity index (χ4v) is 4.32. The van der Waals surface area contributed by atoms with Gasteiger partial charge in [-0.2, -0.15) is 0 Å². The second kappa shape index (κ2) is 8.03. The minimum absolute atomic E-state index is 0.0520. The fourth-order valence-electron chi connectivity index (χ4n) is 3.37. The van der Waals surface area contributed by atoms with Crippen LogP contribution in [0.2, 0.25) is 10.0 Å². The molecule has 1 fully saturated rings. The molecule has 2 heterocycles. The van der Waals surface area contributed by atoms with Crippen molar-refractivity contribution in [2.45, 2.75) is 12.6 Å². The first kappa shape index (κ1) is 19.7. The number of carbonyl (C=O) groups is 2. The maximum Gasteiger partial charge on any atom is 0.295 e. The Morgan fingerprint density at radius 1 is 0.966 bits per heavy atom. The Balaban J connectivity index is 1.86. The van der Waals surface area contributed by atoms with E-state index in [4.69, 9.17) is 23.2 Å². The van der Waals surface area contributed by atoms with Crippen LogP contribution in [0, 0.1) is 0 Å². The van der Waals surface area contributed by atoms with Gasteiger partial charge in [-0.1, -0.05) is 41.4 Å². The van der Waals surface area contributed by atoms with E-state index in [2.05, 4.69) is 0 Å². The standard InChI is InChI=1S/C22H15Cl2NO3S/c23-15-7-3-13(4-8-15)19-18(20(26)14-5-9-16(24)10-6-14)21(27)22(28)25(19)12-17-2-1-11-29-17/h1-11,19,26H,12H2/b20-18-. The van der Waals surface area contributed by atoms with Crippen molar-refractivity contribution >= 4 is 52.0 Å². The maximum absolute atomic E-state index is 12.9. The number of benzene rings is 2. The Morgan fingerprint density at radius 2 is 1.59 bits per heavy atom. The molecule has 0 radical (unpaired) electrons. The molecule has 1 N–H and O–H groups in total. The zero-order valence-corrected chi connectivity index (χ0v) is 17.3. The first-order valence-corrected chi connectivity index (χ1v) is 10.4. The van der Waals surface area contributed by atoms with Crippen LogP contribution >= 0.6 is 34.5 Å². The molecule has 1 aliphatic heterocycles. The summed E-state index contributed by atoms with van der Waals surface area (Å²) in [6.45, 7) is 0.271. The highest BCUT2D eigenvalue weighted by molar-refractivity contribution is 7.09. The summed E-state index contributed by atoms with van der Waals surface area (Å²) in [6.07, 6.45) is 0. The lowest BCUT2D eigenvalue weighted by Gasteiger charge is -2.25. The molecule has 4 rings (SSSR count). The number of thiophene rings is 1. The van der Waals surface area contributed by atoms with Crippen LogP contribution in [0.3, 0.4) is 0 Å². The smallest absolute Gasteiger partial charge is 0.295 e. The lowest BCUT2D eigenvalue weighted by atomic mass is 9.95. The maximum atomic E-state index is 12.9. The Labute approximate surface area is 181 Å². The number of aliphatic hydroxyl groups is 1. The van der Waals surface area contributed by atoms with Crippen molar-refractivity contribution < 1.29 is 14.7 Å². The largest absolute Gasteiger partial charge is 0.507 e. The molecule has 2 aromatic carbocycles. The Kier molecular flexibility index (Phi) is 5.46. The van der Waals surface area contributed by atoms with E-state index in [1.165, 1.54) is 16.2 Å². The molecule has 7 heteroatoms. The van der Waals surface area contributed by atoms with Crippen molar-refractivity contribution in [2.24, 2.45) is 0 Å². The van der Waals surface area contributed by atoms with Gasteiger partial charge in [0.05, 0.1) is 18.2 Å². The van der Waals surface area contributed by atoms with Crippen LogP contribution in [0.25, 0.3) is 5.76 Å². The number of aliphatic hydroxyl groups excluding tert-OH is 1. The van der Waals surface area contributed by atoms with Gasteiger partial charge in [0.1, 0.15) is 5.76 Å². The van der Waals surface area contributed by atoms with Crippen LogP contribution in [0.4, 0.5) is 0 Å². The molecule has 0 aliphatic carbocycles. The van der Waals surface area contributed by atoms with E-state index in [1.807, 2.05) is 17.5 Å². The highest BCUT2D eigenvalue weighted by Crippen LogP contribution is 2.40. The minimum atomic E-state index is -0.718. The number of nitrogens with zero attached hydrogens (tertiary/aromatic N) is 1. The summed E-state index contributed by atoms with van der Waals surface area (Å²) >= 11 is 13.4. The van der Waals surface area contributed by atoms with E-state index >= 15 is 0 Å². The highest BCUT2D eigenvalue weighted by atomic mass is 35.5.